The normalized spacial score (nSPS) is 17.0. The van der Waals surface area contributed by atoms with E-state index in [1.807, 2.05) is 0 Å². The van der Waals surface area contributed by atoms with Gasteiger partial charge in [-0.05, 0) is 26.7 Å². The van der Waals surface area contributed by atoms with E-state index >= 15 is 0 Å². The largest absolute Gasteiger partial charge is 0.476 e. The van der Waals surface area contributed by atoms with Crippen LogP contribution in [0.4, 0.5) is 0 Å². The fourth-order valence-electron chi connectivity index (χ4n) is 1.24. The van der Waals surface area contributed by atoms with Crippen molar-refractivity contribution in [3.05, 3.63) is 24.3 Å². The number of phosphoric acid groups is 1. The maximum Gasteiger partial charge on any atom is 0.476 e. The lowest BCUT2D eigenvalue weighted by Crippen LogP contribution is -2.21. The van der Waals surface area contributed by atoms with E-state index in [9.17, 15) is 9.46 Å². The third kappa shape index (κ3) is 10.8. The van der Waals surface area contributed by atoms with Crippen molar-refractivity contribution in [2.24, 2.45) is 0 Å². The molecule has 0 aliphatic carbocycles. The minimum absolute atomic E-state index is 0.252. The van der Waals surface area contributed by atoms with Crippen molar-refractivity contribution >= 4 is 7.82 Å². The second kappa shape index (κ2) is 10.3. The number of hydrogen-bond donors (Lipinski definition) is 1. The molecule has 0 aliphatic rings. The summed E-state index contributed by atoms with van der Waals surface area (Å²) < 4.78 is 32.6. The van der Waals surface area contributed by atoms with Crippen molar-refractivity contribution in [2.75, 3.05) is 13.2 Å². The first-order chi connectivity index (χ1) is 9.70. The second-order valence-electron chi connectivity index (χ2n) is 4.89. The van der Waals surface area contributed by atoms with Crippen molar-refractivity contribution in [3.8, 4) is 0 Å². The van der Waals surface area contributed by atoms with E-state index in [1.165, 1.54) is 0 Å². The summed E-state index contributed by atoms with van der Waals surface area (Å²) in [5, 5.41) is 0. The molecule has 0 fully saturated rings. The zero-order valence-corrected chi connectivity index (χ0v) is 14.2. The van der Waals surface area contributed by atoms with Gasteiger partial charge in [0.1, 0.15) is 0 Å². The first-order valence-corrected chi connectivity index (χ1v) is 8.41. The predicted molar refractivity (Wildman–Crippen MR) is 81.7 cm³/mol. The van der Waals surface area contributed by atoms with Crippen LogP contribution >= 0.6 is 7.82 Å². The van der Waals surface area contributed by atoms with E-state index in [1.54, 1.807) is 27.7 Å². The van der Waals surface area contributed by atoms with Gasteiger partial charge in [0.2, 0.25) is 0 Å². The van der Waals surface area contributed by atoms with Crippen molar-refractivity contribution in [3.63, 3.8) is 0 Å². The molecule has 7 heteroatoms. The van der Waals surface area contributed by atoms with E-state index in [0.29, 0.717) is 12.8 Å². The Morgan fingerprint density at radius 2 is 1.33 bits per heavy atom. The molecule has 2 unspecified atom stereocenters. The van der Waals surface area contributed by atoms with Crippen molar-refractivity contribution in [2.45, 2.75) is 53.1 Å². The van der Waals surface area contributed by atoms with Crippen LogP contribution in [0.3, 0.4) is 0 Å². The maximum atomic E-state index is 11.9. The van der Waals surface area contributed by atoms with Crippen molar-refractivity contribution in [1.29, 1.82) is 0 Å². The van der Waals surface area contributed by atoms with Gasteiger partial charge in [0, 0.05) is 0 Å². The molecule has 0 aromatic rings. The lowest BCUT2D eigenvalue weighted by atomic mass is 10.4. The van der Waals surface area contributed by atoms with Gasteiger partial charge in [0.05, 0.1) is 13.2 Å². The molecule has 0 radical (unpaired) electrons. The van der Waals surface area contributed by atoms with Gasteiger partial charge in [-0.2, -0.15) is 0 Å². The fourth-order valence-corrected chi connectivity index (χ4v) is 2.30. The minimum Gasteiger partial charge on any atom is -0.348 e. The molecule has 0 saturated heterocycles. The van der Waals surface area contributed by atoms with Gasteiger partial charge in [-0.25, -0.2) is 4.57 Å². The first-order valence-electron chi connectivity index (χ1n) is 6.91. The smallest absolute Gasteiger partial charge is 0.348 e. The summed E-state index contributed by atoms with van der Waals surface area (Å²) in [6, 6.07) is 0. The molecule has 21 heavy (non-hydrogen) atoms. The van der Waals surface area contributed by atoms with E-state index in [-0.39, 0.29) is 13.2 Å². The Kier molecular flexibility index (Phi) is 10.0. The van der Waals surface area contributed by atoms with Crippen LogP contribution in [-0.2, 0) is 23.1 Å². The van der Waals surface area contributed by atoms with Crippen LogP contribution in [0.25, 0.3) is 0 Å². The zero-order valence-electron chi connectivity index (χ0n) is 13.3. The highest BCUT2D eigenvalue weighted by atomic mass is 31.2. The Labute approximate surface area is 127 Å². The minimum atomic E-state index is -4.27. The van der Waals surface area contributed by atoms with Crippen LogP contribution in [-0.4, -0.2) is 30.7 Å². The number of phosphoric ester groups is 1. The van der Waals surface area contributed by atoms with Crippen molar-refractivity contribution in [1.82, 2.24) is 0 Å². The standard InChI is InChI=1S/C14H27O6P/c1-7-13(17-9-11(3)4)19-21(15,16)20-14(8-2)18-10-12(5)6/h13-14H,3,5,7-10H2,1-2,4,6H3,(H,15,16). The van der Waals surface area contributed by atoms with Gasteiger partial charge in [0.15, 0.2) is 12.6 Å². The van der Waals surface area contributed by atoms with E-state index < -0.39 is 20.4 Å². The Hall–Kier alpha value is -0.490. The van der Waals surface area contributed by atoms with E-state index in [4.69, 9.17) is 18.5 Å². The topological polar surface area (TPSA) is 74.2 Å². The lowest BCUT2D eigenvalue weighted by molar-refractivity contribution is -0.124. The van der Waals surface area contributed by atoms with Gasteiger partial charge in [-0.3, -0.25) is 9.05 Å². The highest BCUT2D eigenvalue weighted by Gasteiger charge is 2.30. The summed E-state index contributed by atoms with van der Waals surface area (Å²) in [5.74, 6) is 0. The quantitative estimate of drug-likeness (QED) is 0.335. The summed E-state index contributed by atoms with van der Waals surface area (Å²) in [6.45, 7) is 15.0. The Bertz CT molecular complexity index is 350. The molecule has 0 amide bonds. The van der Waals surface area contributed by atoms with Crippen LogP contribution in [0, 0.1) is 0 Å². The molecule has 0 spiro atoms. The summed E-state index contributed by atoms with van der Waals surface area (Å²) in [6.07, 6.45) is -0.859. The number of rotatable bonds is 12. The predicted octanol–water partition coefficient (Wildman–Crippen LogP) is 3.78. The molecule has 0 aromatic carbocycles. The van der Waals surface area contributed by atoms with Gasteiger partial charge in [-0.15, -0.1) is 0 Å². The van der Waals surface area contributed by atoms with Crippen LogP contribution in [0.1, 0.15) is 40.5 Å². The SMILES string of the molecule is C=C(C)COC(CC)OP(=O)(O)OC(CC)OCC(=C)C. The summed E-state index contributed by atoms with van der Waals surface area (Å²) >= 11 is 0. The second-order valence-corrected chi connectivity index (χ2v) is 6.25. The Morgan fingerprint density at radius 3 is 1.57 bits per heavy atom. The highest BCUT2D eigenvalue weighted by Crippen LogP contribution is 2.47. The molecule has 1 N–H and O–H groups in total. The third-order valence-electron chi connectivity index (χ3n) is 2.20. The number of hydrogen-bond acceptors (Lipinski definition) is 5. The summed E-state index contributed by atoms with van der Waals surface area (Å²) in [4.78, 5) is 9.75. The molecule has 2 atom stereocenters. The molecular weight excluding hydrogens is 295 g/mol. The third-order valence-corrected chi connectivity index (χ3v) is 3.20. The molecular formula is C14H27O6P. The van der Waals surface area contributed by atoms with Gasteiger partial charge in [-0.1, -0.05) is 38.2 Å². The van der Waals surface area contributed by atoms with E-state index in [0.717, 1.165) is 11.1 Å². The van der Waals surface area contributed by atoms with Gasteiger partial charge >= 0.3 is 7.82 Å². The maximum absolute atomic E-state index is 11.9. The van der Waals surface area contributed by atoms with Gasteiger partial charge in [0.25, 0.3) is 0 Å². The number of ether oxygens (including phenoxy) is 2. The lowest BCUT2D eigenvalue weighted by Gasteiger charge is -2.23. The van der Waals surface area contributed by atoms with Gasteiger partial charge < -0.3 is 14.4 Å². The van der Waals surface area contributed by atoms with Crippen LogP contribution in [0.15, 0.2) is 24.3 Å². The molecule has 0 bridgehead atoms. The Balaban J connectivity index is 4.45. The molecule has 0 aliphatic heterocycles. The molecule has 0 saturated carbocycles. The average molecular weight is 322 g/mol. The highest BCUT2D eigenvalue weighted by molar-refractivity contribution is 7.47. The molecule has 0 rings (SSSR count). The zero-order chi connectivity index (χ0) is 16.5. The average Bonchev–Trinajstić information content (AvgIpc) is 2.38. The van der Waals surface area contributed by atoms with Crippen molar-refractivity contribution < 1.29 is 28.0 Å². The fraction of sp³-hybridized carbons (Fsp3) is 0.714. The van der Waals surface area contributed by atoms with Crippen LogP contribution in [0.2, 0.25) is 0 Å². The summed E-state index contributed by atoms with van der Waals surface area (Å²) in [7, 11) is -4.27. The van der Waals surface area contributed by atoms with Crippen LogP contribution < -0.4 is 0 Å². The molecule has 6 nitrogen and oxygen atoms in total. The molecule has 0 aromatic heterocycles. The monoisotopic (exact) mass is 322 g/mol. The first kappa shape index (κ1) is 20.5. The molecule has 124 valence electrons. The summed E-state index contributed by atoms with van der Waals surface area (Å²) in [5.41, 5.74) is 1.59. The Morgan fingerprint density at radius 1 is 1.00 bits per heavy atom. The van der Waals surface area contributed by atoms with Crippen LogP contribution in [0.5, 0.6) is 0 Å². The molecule has 0 heterocycles. The van der Waals surface area contributed by atoms with E-state index in [2.05, 4.69) is 13.2 Å².